The molecule has 0 radical (unpaired) electrons. The zero-order valence-electron chi connectivity index (χ0n) is 15.5. The van der Waals surface area contributed by atoms with E-state index in [0.29, 0.717) is 13.0 Å². The standard InChI is InChI=1S/C20H28O7/c1-3-8-16(21)27-19-18(25-11-4-2)17(22)15(26-20(19)23)13-24-12-14-9-6-5-7-10-14/h4-7,9-10,15,17-20,22-23H,2-3,8,11-13H2,1H3/t15-,17+,18-,19-,20+/m0/s1. The largest absolute Gasteiger partial charge is 0.454 e. The highest BCUT2D eigenvalue weighted by Crippen LogP contribution is 2.26. The second-order valence-corrected chi connectivity index (χ2v) is 6.35. The molecule has 0 aliphatic carbocycles. The molecule has 1 fully saturated rings. The maximum atomic E-state index is 11.8. The molecule has 1 aliphatic rings. The van der Waals surface area contributed by atoms with E-state index in [2.05, 4.69) is 6.58 Å². The number of rotatable bonds is 10. The lowest BCUT2D eigenvalue weighted by Gasteiger charge is -2.41. The fourth-order valence-corrected chi connectivity index (χ4v) is 2.82. The van der Waals surface area contributed by atoms with Crippen molar-refractivity contribution in [2.45, 2.75) is 57.1 Å². The lowest BCUT2D eigenvalue weighted by Crippen LogP contribution is -2.60. The molecule has 1 saturated heterocycles. The number of hydrogen-bond acceptors (Lipinski definition) is 7. The molecule has 1 aromatic rings. The van der Waals surface area contributed by atoms with Crippen LogP contribution in [0.25, 0.3) is 0 Å². The van der Waals surface area contributed by atoms with E-state index in [1.807, 2.05) is 37.3 Å². The average Bonchev–Trinajstić information content (AvgIpc) is 2.66. The van der Waals surface area contributed by atoms with E-state index < -0.39 is 36.7 Å². The minimum Gasteiger partial charge on any atom is -0.454 e. The van der Waals surface area contributed by atoms with Crippen LogP contribution < -0.4 is 0 Å². The van der Waals surface area contributed by atoms with E-state index in [1.165, 1.54) is 6.08 Å². The SMILES string of the molecule is C=CCO[C@H]1[C@H](O)[C@H](COCc2ccccc2)O[C@@H](O)[C@H]1OC(=O)CCC. The van der Waals surface area contributed by atoms with Crippen LogP contribution in [0.2, 0.25) is 0 Å². The number of ether oxygens (including phenoxy) is 4. The van der Waals surface area contributed by atoms with E-state index >= 15 is 0 Å². The van der Waals surface area contributed by atoms with Gasteiger partial charge in [-0.1, -0.05) is 43.3 Å². The number of carbonyl (C=O) groups excluding carboxylic acids is 1. The third kappa shape index (κ3) is 6.41. The van der Waals surface area contributed by atoms with Gasteiger partial charge in [-0.15, -0.1) is 6.58 Å². The van der Waals surface area contributed by atoms with Gasteiger partial charge >= 0.3 is 5.97 Å². The van der Waals surface area contributed by atoms with Crippen LogP contribution in [-0.4, -0.2) is 60.1 Å². The molecule has 1 aliphatic heterocycles. The summed E-state index contributed by atoms with van der Waals surface area (Å²) in [5, 5.41) is 20.9. The summed E-state index contributed by atoms with van der Waals surface area (Å²) in [6.45, 7) is 5.95. The van der Waals surface area contributed by atoms with Crippen molar-refractivity contribution in [2.24, 2.45) is 0 Å². The van der Waals surface area contributed by atoms with Crippen LogP contribution in [0.15, 0.2) is 43.0 Å². The Hall–Kier alpha value is -1.77. The molecular weight excluding hydrogens is 352 g/mol. The number of aliphatic hydroxyl groups is 2. The Bertz CT molecular complexity index is 577. The topological polar surface area (TPSA) is 94.5 Å². The molecule has 0 bridgehead atoms. The molecule has 0 amide bonds. The number of benzene rings is 1. The molecule has 1 heterocycles. The maximum absolute atomic E-state index is 11.8. The summed E-state index contributed by atoms with van der Waals surface area (Å²) in [6.07, 6.45) is -3.11. The van der Waals surface area contributed by atoms with E-state index in [9.17, 15) is 15.0 Å². The molecule has 27 heavy (non-hydrogen) atoms. The first-order valence-corrected chi connectivity index (χ1v) is 9.12. The molecule has 0 saturated carbocycles. The van der Waals surface area contributed by atoms with E-state index in [-0.39, 0.29) is 19.6 Å². The normalized spacial score (nSPS) is 27.9. The predicted octanol–water partition coefficient (Wildman–Crippen LogP) is 1.56. The third-order valence-electron chi connectivity index (χ3n) is 4.16. The van der Waals surface area contributed by atoms with Crippen LogP contribution in [0.4, 0.5) is 0 Å². The van der Waals surface area contributed by atoms with Crippen molar-refractivity contribution < 1.29 is 34.0 Å². The Morgan fingerprint density at radius 1 is 1.26 bits per heavy atom. The van der Waals surface area contributed by atoms with Gasteiger partial charge in [0.1, 0.15) is 18.3 Å². The minimum atomic E-state index is -1.42. The molecule has 0 unspecified atom stereocenters. The van der Waals surface area contributed by atoms with Crippen molar-refractivity contribution in [1.29, 1.82) is 0 Å². The van der Waals surface area contributed by atoms with Crippen LogP contribution in [-0.2, 0) is 30.3 Å². The van der Waals surface area contributed by atoms with E-state index in [4.69, 9.17) is 18.9 Å². The van der Waals surface area contributed by atoms with Crippen molar-refractivity contribution in [1.82, 2.24) is 0 Å². The fourth-order valence-electron chi connectivity index (χ4n) is 2.82. The molecule has 2 rings (SSSR count). The monoisotopic (exact) mass is 380 g/mol. The first-order valence-electron chi connectivity index (χ1n) is 9.12. The van der Waals surface area contributed by atoms with Crippen LogP contribution in [0.3, 0.4) is 0 Å². The van der Waals surface area contributed by atoms with Crippen molar-refractivity contribution in [3.05, 3.63) is 48.6 Å². The molecule has 1 aromatic carbocycles. The van der Waals surface area contributed by atoms with Gasteiger partial charge in [0, 0.05) is 6.42 Å². The zero-order valence-corrected chi connectivity index (χ0v) is 15.5. The summed E-state index contributed by atoms with van der Waals surface area (Å²) in [4.78, 5) is 11.8. The number of hydrogen-bond donors (Lipinski definition) is 2. The Labute approximate surface area is 159 Å². The maximum Gasteiger partial charge on any atom is 0.306 e. The van der Waals surface area contributed by atoms with Gasteiger partial charge in [0.25, 0.3) is 0 Å². The van der Waals surface area contributed by atoms with E-state index in [1.54, 1.807) is 0 Å². The summed E-state index contributed by atoms with van der Waals surface area (Å²) in [7, 11) is 0. The van der Waals surface area contributed by atoms with Gasteiger partial charge < -0.3 is 29.2 Å². The second kappa shape index (κ2) is 11.2. The molecule has 7 nitrogen and oxygen atoms in total. The lowest BCUT2D eigenvalue weighted by atomic mass is 9.98. The van der Waals surface area contributed by atoms with Crippen molar-refractivity contribution in [2.75, 3.05) is 13.2 Å². The molecule has 5 atom stereocenters. The first-order chi connectivity index (χ1) is 13.1. The molecule has 2 N–H and O–H groups in total. The second-order valence-electron chi connectivity index (χ2n) is 6.35. The Morgan fingerprint density at radius 3 is 2.67 bits per heavy atom. The molecule has 0 aromatic heterocycles. The van der Waals surface area contributed by atoms with Crippen LogP contribution in [0.1, 0.15) is 25.3 Å². The average molecular weight is 380 g/mol. The quantitative estimate of drug-likeness (QED) is 0.470. The predicted molar refractivity (Wildman–Crippen MR) is 97.7 cm³/mol. The first kappa shape index (κ1) is 21.5. The number of aliphatic hydroxyl groups excluding tert-OH is 2. The van der Waals surface area contributed by atoms with Gasteiger partial charge in [-0.25, -0.2) is 0 Å². The van der Waals surface area contributed by atoms with Crippen LogP contribution >= 0.6 is 0 Å². The smallest absolute Gasteiger partial charge is 0.306 e. The van der Waals surface area contributed by atoms with Crippen LogP contribution in [0.5, 0.6) is 0 Å². The van der Waals surface area contributed by atoms with Gasteiger partial charge in [0.15, 0.2) is 12.4 Å². The summed E-state index contributed by atoms with van der Waals surface area (Å²) in [5.41, 5.74) is 0.981. The highest BCUT2D eigenvalue weighted by Gasteiger charge is 2.47. The Morgan fingerprint density at radius 2 is 2.00 bits per heavy atom. The van der Waals surface area contributed by atoms with Crippen molar-refractivity contribution in [3.63, 3.8) is 0 Å². The zero-order chi connectivity index (χ0) is 19.6. The van der Waals surface area contributed by atoms with Crippen LogP contribution in [0, 0.1) is 0 Å². The molecular formula is C20H28O7. The Kier molecular flexibility index (Phi) is 8.90. The van der Waals surface area contributed by atoms with Gasteiger partial charge in [-0.05, 0) is 12.0 Å². The Balaban J connectivity index is 1.97. The van der Waals surface area contributed by atoms with Gasteiger partial charge in [0.2, 0.25) is 0 Å². The summed E-state index contributed by atoms with van der Waals surface area (Å²) < 4.78 is 21.9. The van der Waals surface area contributed by atoms with Crippen molar-refractivity contribution in [3.8, 4) is 0 Å². The highest BCUT2D eigenvalue weighted by molar-refractivity contribution is 5.69. The van der Waals surface area contributed by atoms with E-state index in [0.717, 1.165) is 5.56 Å². The molecule has 0 spiro atoms. The fraction of sp³-hybridized carbons (Fsp3) is 0.550. The van der Waals surface area contributed by atoms with Gasteiger partial charge in [-0.3, -0.25) is 4.79 Å². The highest BCUT2D eigenvalue weighted by atomic mass is 16.7. The lowest BCUT2D eigenvalue weighted by molar-refractivity contribution is -0.298. The summed E-state index contributed by atoms with van der Waals surface area (Å²) in [5.74, 6) is -0.483. The van der Waals surface area contributed by atoms with Gasteiger partial charge in [0.05, 0.1) is 19.8 Å². The third-order valence-corrected chi connectivity index (χ3v) is 4.16. The number of carbonyl (C=O) groups is 1. The minimum absolute atomic E-state index is 0.0523. The van der Waals surface area contributed by atoms with Crippen molar-refractivity contribution >= 4 is 5.97 Å². The molecule has 7 heteroatoms. The summed E-state index contributed by atoms with van der Waals surface area (Å²) in [6, 6.07) is 9.57. The number of esters is 1. The summed E-state index contributed by atoms with van der Waals surface area (Å²) >= 11 is 0. The van der Waals surface area contributed by atoms with Gasteiger partial charge in [-0.2, -0.15) is 0 Å². The molecule has 150 valence electrons.